The average molecular weight is 670 g/mol. The molecule has 244 valence electrons. The van der Waals surface area contributed by atoms with Gasteiger partial charge >= 0.3 is 5.97 Å². The lowest BCUT2D eigenvalue weighted by atomic mass is 10.1. The summed E-state index contributed by atoms with van der Waals surface area (Å²) >= 11 is 0. The van der Waals surface area contributed by atoms with Crippen molar-refractivity contribution in [3.05, 3.63) is 145 Å². The lowest BCUT2D eigenvalue weighted by molar-refractivity contribution is 0.0602. The fourth-order valence-electron chi connectivity index (χ4n) is 5.79. The number of carbonyl (C=O) groups excluding carboxylic acids is 1. The first-order valence-electron chi connectivity index (χ1n) is 15.4. The molecule has 0 atom stereocenters. The largest absolute Gasteiger partial charge is 0.465 e. The zero-order valence-electron chi connectivity index (χ0n) is 26.7. The molecule has 7 rings (SSSR count). The Balaban J connectivity index is 1.55. The number of hydrogen-bond acceptors (Lipinski definition) is 9. The molecule has 0 bridgehead atoms. The van der Waals surface area contributed by atoms with Gasteiger partial charge in [0.25, 0.3) is 10.0 Å². The van der Waals surface area contributed by atoms with Gasteiger partial charge in [-0.15, -0.1) is 0 Å². The van der Waals surface area contributed by atoms with E-state index in [2.05, 4.69) is 15.1 Å². The van der Waals surface area contributed by atoms with E-state index in [1.807, 2.05) is 65.6 Å². The van der Waals surface area contributed by atoms with Crippen LogP contribution in [0.4, 0.5) is 5.82 Å². The third-order valence-electron chi connectivity index (χ3n) is 8.07. The highest BCUT2D eigenvalue weighted by molar-refractivity contribution is 7.90. The molecule has 7 aromatic rings. The summed E-state index contributed by atoms with van der Waals surface area (Å²) in [5.41, 5.74) is 3.53. The number of aromatic nitrogens is 6. The third-order valence-corrected chi connectivity index (χ3v) is 9.80. The van der Waals surface area contributed by atoms with Crippen LogP contribution in [0.15, 0.2) is 133 Å². The number of methoxy groups -OCH3 is 1. The highest BCUT2D eigenvalue weighted by Gasteiger charge is 2.31. The molecule has 0 radical (unpaired) electrons. The fraction of sp³-hybridized carbons (Fsp3) is 0.108. The molecule has 12 heteroatoms. The quantitative estimate of drug-likeness (QED) is 0.158. The van der Waals surface area contributed by atoms with Gasteiger partial charge in [-0.2, -0.15) is 5.10 Å². The number of nitrogens with zero attached hydrogens (tertiary/aromatic N) is 7. The van der Waals surface area contributed by atoms with Gasteiger partial charge in [0, 0.05) is 43.5 Å². The van der Waals surface area contributed by atoms with Gasteiger partial charge in [0.1, 0.15) is 11.8 Å². The highest BCUT2D eigenvalue weighted by Crippen LogP contribution is 2.39. The maximum atomic E-state index is 14.8. The minimum atomic E-state index is -4.30. The van der Waals surface area contributed by atoms with Gasteiger partial charge in [0.05, 0.1) is 29.0 Å². The molecule has 0 saturated carbocycles. The number of ether oxygens (including phenoxy) is 1. The molecule has 4 heterocycles. The van der Waals surface area contributed by atoms with Crippen LogP contribution in [0.3, 0.4) is 0 Å². The van der Waals surface area contributed by atoms with Crippen LogP contribution in [0.2, 0.25) is 0 Å². The molecular weight excluding hydrogens is 639 g/mol. The van der Waals surface area contributed by atoms with Crippen molar-refractivity contribution >= 4 is 32.7 Å². The molecule has 4 aromatic heterocycles. The minimum absolute atomic E-state index is 0.0587. The molecule has 11 nitrogen and oxygen atoms in total. The van der Waals surface area contributed by atoms with Crippen LogP contribution in [-0.2, 0) is 34.9 Å². The van der Waals surface area contributed by atoms with Crippen LogP contribution < -0.4 is 4.90 Å². The van der Waals surface area contributed by atoms with Crippen LogP contribution in [-0.4, -0.2) is 50.2 Å². The van der Waals surface area contributed by atoms with Crippen LogP contribution in [0, 0.1) is 0 Å². The standard InChI is InChI=1S/C37H31N7O4S/c1-42-25-40-35(41-42)28-18-19-38-32(20-28)33-21-30-31(37(45)48-2)22-39-36(34(30)44(33)49(46,47)29-16-10-5-11-17-29)43(23-26-12-6-3-7-13-26)24-27-14-8-4-9-15-27/h3-22,25H,23-24H2,1-2H3. The summed E-state index contributed by atoms with van der Waals surface area (Å²) in [6.45, 7) is 0.806. The second-order valence-corrected chi connectivity index (χ2v) is 13.1. The number of anilines is 1. The number of pyridine rings is 2. The lowest BCUT2D eigenvalue weighted by Gasteiger charge is -2.26. The number of aryl methyl sites for hydroxylation is 1. The number of esters is 1. The van der Waals surface area contributed by atoms with E-state index in [-0.39, 0.29) is 21.7 Å². The van der Waals surface area contributed by atoms with Crippen LogP contribution >= 0.6 is 0 Å². The van der Waals surface area contributed by atoms with Crippen molar-refractivity contribution in [2.45, 2.75) is 18.0 Å². The van der Waals surface area contributed by atoms with Crippen molar-refractivity contribution < 1.29 is 17.9 Å². The average Bonchev–Trinajstić information content (AvgIpc) is 3.77. The predicted molar refractivity (Wildman–Crippen MR) is 186 cm³/mol. The number of hydrogen-bond donors (Lipinski definition) is 0. The molecule has 0 amide bonds. The molecule has 0 N–H and O–H groups in total. The van der Waals surface area contributed by atoms with Crippen molar-refractivity contribution in [3.8, 4) is 22.8 Å². The highest BCUT2D eigenvalue weighted by atomic mass is 32.2. The summed E-state index contributed by atoms with van der Waals surface area (Å²) in [4.78, 5) is 29.1. The Labute approximate surface area is 283 Å². The number of rotatable bonds is 10. The zero-order valence-corrected chi connectivity index (χ0v) is 27.5. The Hall–Kier alpha value is -6.14. The van der Waals surface area contributed by atoms with Crippen molar-refractivity contribution in [2.24, 2.45) is 7.05 Å². The topological polar surface area (TPSA) is 125 Å². The van der Waals surface area contributed by atoms with Crippen molar-refractivity contribution in [1.82, 2.24) is 28.7 Å². The van der Waals surface area contributed by atoms with Gasteiger partial charge in [0.15, 0.2) is 11.6 Å². The summed E-state index contributed by atoms with van der Waals surface area (Å²) in [7, 11) is -1.26. The van der Waals surface area contributed by atoms with E-state index in [1.165, 1.54) is 29.4 Å². The van der Waals surface area contributed by atoms with Gasteiger partial charge in [-0.25, -0.2) is 27.2 Å². The van der Waals surface area contributed by atoms with Gasteiger partial charge < -0.3 is 9.64 Å². The monoisotopic (exact) mass is 669 g/mol. The van der Waals surface area contributed by atoms with Crippen LogP contribution in [0.5, 0.6) is 0 Å². The molecule has 0 saturated heterocycles. The van der Waals surface area contributed by atoms with Gasteiger partial charge in [-0.3, -0.25) is 9.67 Å². The zero-order chi connectivity index (χ0) is 34.0. The van der Waals surface area contributed by atoms with E-state index >= 15 is 0 Å². The Morgan fingerprint density at radius 2 is 1.45 bits per heavy atom. The second kappa shape index (κ2) is 13.2. The Morgan fingerprint density at radius 3 is 2.04 bits per heavy atom. The maximum Gasteiger partial charge on any atom is 0.340 e. The molecule has 3 aromatic carbocycles. The van der Waals surface area contributed by atoms with Gasteiger partial charge in [0.2, 0.25) is 0 Å². The van der Waals surface area contributed by atoms with E-state index in [9.17, 15) is 13.2 Å². The summed E-state index contributed by atoms with van der Waals surface area (Å²) < 4.78 is 37.7. The summed E-state index contributed by atoms with van der Waals surface area (Å²) in [5, 5.41) is 4.77. The maximum absolute atomic E-state index is 14.8. The molecule has 0 spiro atoms. The second-order valence-electron chi connectivity index (χ2n) is 11.4. The Bertz CT molecular complexity index is 2340. The lowest BCUT2D eigenvalue weighted by Crippen LogP contribution is -2.25. The molecule has 49 heavy (non-hydrogen) atoms. The predicted octanol–water partition coefficient (Wildman–Crippen LogP) is 6.12. The van der Waals surface area contributed by atoms with Gasteiger partial charge in [-0.05, 0) is 41.5 Å². The molecule has 0 aliphatic heterocycles. The van der Waals surface area contributed by atoms with Crippen LogP contribution in [0.25, 0.3) is 33.7 Å². The SMILES string of the molecule is COC(=O)c1cnc(N(Cc2ccccc2)Cc2ccccc2)c2c1cc(-c1cc(-c3ncn(C)n3)ccn1)n2S(=O)(=O)c1ccccc1. The molecular formula is C37H31N7O4S. The number of carbonyl (C=O) groups is 1. The van der Waals surface area contributed by atoms with Crippen molar-refractivity contribution in [3.63, 3.8) is 0 Å². The van der Waals surface area contributed by atoms with Crippen molar-refractivity contribution in [2.75, 3.05) is 12.0 Å². The van der Waals surface area contributed by atoms with E-state index in [1.54, 1.807) is 60.7 Å². The molecule has 0 aliphatic rings. The normalized spacial score (nSPS) is 11.5. The summed E-state index contributed by atoms with van der Waals surface area (Å²) in [6.07, 6.45) is 4.61. The van der Waals surface area contributed by atoms with E-state index in [4.69, 9.17) is 9.72 Å². The fourth-order valence-corrected chi connectivity index (χ4v) is 7.33. The molecule has 0 unspecified atom stereocenters. The minimum Gasteiger partial charge on any atom is -0.465 e. The van der Waals surface area contributed by atoms with Crippen LogP contribution in [0.1, 0.15) is 21.5 Å². The number of benzene rings is 3. The first-order chi connectivity index (χ1) is 23.8. The van der Waals surface area contributed by atoms with E-state index in [0.29, 0.717) is 41.4 Å². The first kappa shape index (κ1) is 31.5. The Kier molecular flexibility index (Phi) is 8.45. The van der Waals surface area contributed by atoms with Gasteiger partial charge in [-0.1, -0.05) is 78.9 Å². The first-order valence-corrected chi connectivity index (χ1v) is 16.9. The summed E-state index contributed by atoms with van der Waals surface area (Å²) in [6, 6.07) is 33.0. The smallest absolute Gasteiger partial charge is 0.340 e. The number of fused-ring (bicyclic) bond motifs is 1. The third kappa shape index (κ3) is 6.17. The molecule has 0 aliphatic carbocycles. The van der Waals surface area contributed by atoms with E-state index in [0.717, 1.165) is 11.1 Å². The Morgan fingerprint density at radius 1 is 0.816 bits per heavy atom. The summed E-state index contributed by atoms with van der Waals surface area (Å²) in [5.74, 6) is 0.166. The van der Waals surface area contributed by atoms with E-state index < -0.39 is 16.0 Å². The van der Waals surface area contributed by atoms with Crippen molar-refractivity contribution in [1.29, 1.82) is 0 Å². The molecule has 0 fully saturated rings.